The standard InChI is InChI=1S/C17H18O2/c1-4-14-8-7-13(3)16(11-14)19-17(18)15-9-5-12(2)6-10-15/h5-11H,4H2,1-3H3. The van der Waals surface area contributed by atoms with Crippen LogP contribution in [-0.4, -0.2) is 5.97 Å². The average molecular weight is 254 g/mol. The van der Waals surface area contributed by atoms with Crippen molar-refractivity contribution in [1.82, 2.24) is 0 Å². The van der Waals surface area contributed by atoms with Gasteiger partial charge < -0.3 is 4.74 Å². The largest absolute Gasteiger partial charge is 0.423 e. The molecule has 0 fully saturated rings. The summed E-state index contributed by atoms with van der Waals surface area (Å²) in [6.07, 6.45) is 0.926. The van der Waals surface area contributed by atoms with Crippen LogP contribution in [0.2, 0.25) is 0 Å². The Hall–Kier alpha value is -2.09. The van der Waals surface area contributed by atoms with E-state index in [9.17, 15) is 4.79 Å². The van der Waals surface area contributed by atoms with Gasteiger partial charge in [-0.1, -0.05) is 36.8 Å². The van der Waals surface area contributed by atoms with Crippen molar-refractivity contribution >= 4 is 5.97 Å². The van der Waals surface area contributed by atoms with Gasteiger partial charge in [0.05, 0.1) is 5.56 Å². The highest BCUT2D eigenvalue weighted by molar-refractivity contribution is 5.91. The Balaban J connectivity index is 2.21. The smallest absolute Gasteiger partial charge is 0.343 e. The molecule has 2 rings (SSSR count). The molecule has 2 heteroatoms. The zero-order valence-electron chi connectivity index (χ0n) is 11.6. The maximum Gasteiger partial charge on any atom is 0.343 e. The van der Waals surface area contributed by atoms with E-state index in [0.717, 1.165) is 23.1 Å². The molecule has 2 nitrogen and oxygen atoms in total. The number of aryl methyl sites for hydroxylation is 3. The van der Waals surface area contributed by atoms with Gasteiger partial charge in [-0.2, -0.15) is 0 Å². The first kappa shape index (κ1) is 13.3. The zero-order chi connectivity index (χ0) is 13.8. The van der Waals surface area contributed by atoms with Gasteiger partial charge in [-0.25, -0.2) is 4.79 Å². The molecule has 0 radical (unpaired) electrons. The number of carbonyl (C=O) groups excluding carboxylic acids is 1. The van der Waals surface area contributed by atoms with Gasteiger partial charge in [-0.05, 0) is 49.6 Å². The Labute approximate surface area is 114 Å². The minimum Gasteiger partial charge on any atom is -0.423 e. The number of benzene rings is 2. The molecule has 0 amide bonds. The van der Waals surface area contributed by atoms with Crippen molar-refractivity contribution in [1.29, 1.82) is 0 Å². The monoisotopic (exact) mass is 254 g/mol. The summed E-state index contributed by atoms with van der Waals surface area (Å²) in [6.45, 7) is 6.01. The van der Waals surface area contributed by atoms with Crippen LogP contribution in [0.15, 0.2) is 42.5 Å². The van der Waals surface area contributed by atoms with Crippen molar-refractivity contribution in [3.8, 4) is 5.75 Å². The van der Waals surface area contributed by atoms with Crippen LogP contribution >= 0.6 is 0 Å². The first-order chi connectivity index (χ1) is 9.10. The summed E-state index contributed by atoms with van der Waals surface area (Å²) >= 11 is 0. The maximum atomic E-state index is 12.1. The summed E-state index contributed by atoms with van der Waals surface area (Å²) in [4.78, 5) is 12.1. The molecule has 0 aliphatic heterocycles. The molecule has 0 heterocycles. The van der Waals surface area contributed by atoms with Crippen molar-refractivity contribution < 1.29 is 9.53 Å². The van der Waals surface area contributed by atoms with E-state index >= 15 is 0 Å². The summed E-state index contributed by atoms with van der Waals surface area (Å²) in [5.74, 6) is 0.335. The van der Waals surface area contributed by atoms with Crippen LogP contribution in [-0.2, 0) is 6.42 Å². The zero-order valence-corrected chi connectivity index (χ0v) is 11.6. The fourth-order valence-electron chi connectivity index (χ4n) is 1.82. The molecule has 0 bridgehead atoms. The summed E-state index contributed by atoms with van der Waals surface area (Å²) in [5.41, 5.74) is 3.84. The van der Waals surface area contributed by atoms with E-state index in [0.29, 0.717) is 11.3 Å². The highest BCUT2D eigenvalue weighted by Gasteiger charge is 2.10. The highest BCUT2D eigenvalue weighted by atomic mass is 16.5. The Morgan fingerprint density at radius 1 is 1.05 bits per heavy atom. The molecule has 0 unspecified atom stereocenters. The Morgan fingerprint density at radius 2 is 1.74 bits per heavy atom. The van der Waals surface area contributed by atoms with E-state index in [4.69, 9.17) is 4.74 Å². The van der Waals surface area contributed by atoms with E-state index in [1.165, 1.54) is 0 Å². The predicted octanol–water partition coefficient (Wildman–Crippen LogP) is 4.09. The number of hydrogen-bond acceptors (Lipinski definition) is 2. The lowest BCUT2D eigenvalue weighted by atomic mass is 10.1. The highest BCUT2D eigenvalue weighted by Crippen LogP contribution is 2.21. The average Bonchev–Trinajstić information content (AvgIpc) is 2.42. The topological polar surface area (TPSA) is 26.3 Å². The van der Waals surface area contributed by atoms with Gasteiger partial charge in [-0.3, -0.25) is 0 Å². The maximum absolute atomic E-state index is 12.1. The third-order valence-electron chi connectivity index (χ3n) is 3.15. The van der Waals surface area contributed by atoms with Gasteiger partial charge >= 0.3 is 5.97 Å². The van der Waals surface area contributed by atoms with Gasteiger partial charge in [0.25, 0.3) is 0 Å². The number of esters is 1. The first-order valence-electron chi connectivity index (χ1n) is 6.48. The van der Waals surface area contributed by atoms with Gasteiger partial charge in [0.2, 0.25) is 0 Å². The Bertz CT molecular complexity index is 583. The van der Waals surface area contributed by atoms with E-state index in [1.807, 2.05) is 38.1 Å². The van der Waals surface area contributed by atoms with E-state index in [-0.39, 0.29) is 5.97 Å². The van der Waals surface area contributed by atoms with Crippen LogP contribution in [0.25, 0.3) is 0 Å². The van der Waals surface area contributed by atoms with Crippen molar-refractivity contribution in [2.75, 3.05) is 0 Å². The first-order valence-corrected chi connectivity index (χ1v) is 6.48. The third-order valence-corrected chi connectivity index (χ3v) is 3.15. The molecule has 98 valence electrons. The minimum absolute atomic E-state index is 0.309. The van der Waals surface area contributed by atoms with E-state index < -0.39 is 0 Å². The Kier molecular flexibility index (Phi) is 4.00. The van der Waals surface area contributed by atoms with Crippen molar-refractivity contribution in [2.24, 2.45) is 0 Å². The minimum atomic E-state index is -0.309. The normalized spacial score (nSPS) is 10.3. The van der Waals surface area contributed by atoms with Crippen LogP contribution in [0.1, 0.15) is 34.0 Å². The van der Waals surface area contributed by atoms with Gasteiger partial charge in [0, 0.05) is 0 Å². The van der Waals surface area contributed by atoms with Crippen LogP contribution < -0.4 is 4.74 Å². The lowest BCUT2D eigenvalue weighted by Gasteiger charge is -2.09. The quantitative estimate of drug-likeness (QED) is 0.609. The van der Waals surface area contributed by atoms with Crippen LogP contribution in [0.3, 0.4) is 0 Å². The van der Waals surface area contributed by atoms with Gasteiger partial charge in [0.15, 0.2) is 0 Å². The molecule has 0 saturated heterocycles. The van der Waals surface area contributed by atoms with E-state index in [1.54, 1.807) is 12.1 Å². The Morgan fingerprint density at radius 3 is 2.37 bits per heavy atom. The second-order valence-corrected chi connectivity index (χ2v) is 4.71. The number of hydrogen-bond donors (Lipinski definition) is 0. The fraction of sp³-hybridized carbons (Fsp3) is 0.235. The van der Waals surface area contributed by atoms with Crippen LogP contribution in [0.5, 0.6) is 5.75 Å². The number of rotatable bonds is 3. The van der Waals surface area contributed by atoms with Crippen LogP contribution in [0, 0.1) is 13.8 Å². The molecule has 0 spiro atoms. The van der Waals surface area contributed by atoms with Gasteiger partial charge in [0.1, 0.15) is 5.75 Å². The van der Waals surface area contributed by atoms with Crippen molar-refractivity contribution in [3.63, 3.8) is 0 Å². The van der Waals surface area contributed by atoms with Gasteiger partial charge in [-0.15, -0.1) is 0 Å². The summed E-state index contributed by atoms with van der Waals surface area (Å²) in [7, 11) is 0. The summed E-state index contributed by atoms with van der Waals surface area (Å²) in [6, 6.07) is 13.4. The van der Waals surface area contributed by atoms with E-state index in [2.05, 4.69) is 13.0 Å². The molecule has 0 saturated carbocycles. The lowest BCUT2D eigenvalue weighted by Crippen LogP contribution is -2.09. The summed E-state index contributed by atoms with van der Waals surface area (Å²) in [5, 5.41) is 0. The number of carbonyl (C=O) groups is 1. The predicted molar refractivity (Wildman–Crippen MR) is 76.7 cm³/mol. The molecule has 0 atom stereocenters. The molecule has 2 aromatic carbocycles. The molecule has 0 aliphatic rings. The second-order valence-electron chi connectivity index (χ2n) is 4.71. The molecule has 2 aromatic rings. The molecule has 0 aliphatic carbocycles. The molecule has 0 aromatic heterocycles. The SMILES string of the molecule is CCc1ccc(C)c(OC(=O)c2ccc(C)cc2)c1. The summed E-state index contributed by atoms with van der Waals surface area (Å²) < 4.78 is 5.47. The molecular weight excluding hydrogens is 236 g/mol. The van der Waals surface area contributed by atoms with Crippen molar-refractivity contribution in [2.45, 2.75) is 27.2 Å². The second kappa shape index (κ2) is 5.70. The molecule has 19 heavy (non-hydrogen) atoms. The lowest BCUT2D eigenvalue weighted by molar-refractivity contribution is 0.0733. The molecule has 0 N–H and O–H groups in total. The number of ether oxygens (including phenoxy) is 1. The molecular formula is C17H18O2. The van der Waals surface area contributed by atoms with Crippen molar-refractivity contribution in [3.05, 3.63) is 64.7 Å². The van der Waals surface area contributed by atoms with Crippen LogP contribution in [0.4, 0.5) is 0 Å². The fourth-order valence-corrected chi connectivity index (χ4v) is 1.82. The third kappa shape index (κ3) is 3.22.